The molecule has 206 valence electrons. The molecule has 7 nitrogen and oxygen atoms in total. The molecule has 1 atom stereocenters. The zero-order valence-electron chi connectivity index (χ0n) is 21.0. The highest BCUT2D eigenvalue weighted by Gasteiger charge is 2.33. The van der Waals surface area contributed by atoms with E-state index in [4.69, 9.17) is 63.1 Å². The highest BCUT2D eigenvalue weighted by molar-refractivity contribution is 8.12. The van der Waals surface area contributed by atoms with Gasteiger partial charge in [-0.05, 0) is 43.5 Å². The van der Waals surface area contributed by atoms with Crippen LogP contribution in [0.3, 0.4) is 0 Å². The van der Waals surface area contributed by atoms with Crippen LogP contribution in [-0.2, 0) is 9.55 Å². The van der Waals surface area contributed by atoms with Crippen LogP contribution in [0.15, 0.2) is 48.5 Å². The van der Waals surface area contributed by atoms with E-state index in [1.54, 1.807) is 0 Å². The number of nitrogens with zero attached hydrogens (tertiary/aromatic N) is 4. The third-order valence-electron chi connectivity index (χ3n) is 5.43. The third kappa shape index (κ3) is 9.21. The van der Waals surface area contributed by atoms with Crippen molar-refractivity contribution < 1.29 is 14.7 Å². The average molecular weight is 641 g/mol. The third-order valence-corrected chi connectivity index (χ3v) is 7.43. The molecule has 3 rings (SSSR count). The number of carboxylic acid groups (broad SMARTS) is 1. The Labute approximate surface area is 251 Å². The Morgan fingerprint density at radius 2 is 1.71 bits per heavy atom. The number of hydrogen-bond acceptors (Lipinski definition) is 5. The van der Waals surface area contributed by atoms with Crippen molar-refractivity contribution in [3.63, 3.8) is 0 Å². The molecule has 0 saturated heterocycles. The van der Waals surface area contributed by atoms with Crippen LogP contribution in [0, 0.1) is 5.92 Å². The summed E-state index contributed by atoms with van der Waals surface area (Å²) in [7, 11) is 0. The normalized spacial score (nSPS) is 12.1. The van der Waals surface area contributed by atoms with Crippen LogP contribution in [-0.4, -0.2) is 48.6 Å². The number of alkyl halides is 3. The molecular formula is C25H27Cl5N4O3S. The Morgan fingerprint density at radius 3 is 2.21 bits per heavy atom. The van der Waals surface area contributed by atoms with E-state index in [1.165, 1.54) is 35.5 Å². The van der Waals surface area contributed by atoms with Gasteiger partial charge in [0.05, 0.1) is 10.7 Å². The average Bonchev–Trinajstić information content (AvgIpc) is 3.30. The lowest BCUT2D eigenvalue weighted by Crippen LogP contribution is -2.39. The fraction of sp³-hybridized carbons (Fsp3) is 0.360. The van der Waals surface area contributed by atoms with Gasteiger partial charge in [-0.1, -0.05) is 114 Å². The molecule has 1 aromatic heterocycles. The van der Waals surface area contributed by atoms with Crippen LogP contribution in [0.4, 0.5) is 4.79 Å². The van der Waals surface area contributed by atoms with Crippen LogP contribution >= 0.6 is 69.8 Å². The summed E-state index contributed by atoms with van der Waals surface area (Å²) in [5, 5.41) is 13.5. The minimum absolute atomic E-state index is 0.183. The van der Waals surface area contributed by atoms with Gasteiger partial charge < -0.3 is 10.0 Å². The molecule has 13 heteroatoms. The van der Waals surface area contributed by atoms with E-state index in [9.17, 15) is 9.59 Å². The Kier molecular flexibility index (Phi) is 12.5. The summed E-state index contributed by atoms with van der Waals surface area (Å²) >= 11 is 30.5. The summed E-state index contributed by atoms with van der Waals surface area (Å²) in [6.45, 7) is 9.25. The number of thioether (sulfide) groups is 1. The van der Waals surface area contributed by atoms with Gasteiger partial charge in [0.15, 0.2) is 5.82 Å². The SMILES string of the molecule is CCN(C(=O)SCc1ccccc1)C(C)C(C)C.O=C(O)c1nc(C(Cl)(Cl)Cl)n(-c2ccc(Cl)cc2Cl)n1. The summed E-state index contributed by atoms with van der Waals surface area (Å²) in [6.07, 6.45) is 0. The minimum atomic E-state index is -1.97. The second-order valence-corrected chi connectivity index (χ2v) is 12.4. The number of carboxylic acids is 1. The van der Waals surface area contributed by atoms with E-state index in [0.29, 0.717) is 17.0 Å². The fourth-order valence-electron chi connectivity index (χ4n) is 3.15. The number of carbonyl (C=O) groups is 2. The number of hydrogen-bond donors (Lipinski definition) is 1. The Hall–Kier alpha value is -1.68. The van der Waals surface area contributed by atoms with Gasteiger partial charge in [-0.3, -0.25) is 4.79 Å². The second-order valence-electron chi connectivity index (χ2n) is 8.38. The Balaban J connectivity index is 0.000000269. The van der Waals surface area contributed by atoms with Gasteiger partial charge in [0.25, 0.3) is 11.1 Å². The van der Waals surface area contributed by atoms with Crippen molar-refractivity contribution in [2.75, 3.05) is 6.54 Å². The van der Waals surface area contributed by atoms with Crippen molar-refractivity contribution in [3.05, 3.63) is 75.8 Å². The molecular weight excluding hydrogens is 614 g/mol. The van der Waals surface area contributed by atoms with Gasteiger partial charge in [-0.15, -0.1) is 5.10 Å². The molecule has 0 aliphatic carbocycles. The van der Waals surface area contributed by atoms with E-state index in [1.807, 2.05) is 30.0 Å². The van der Waals surface area contributed by atoms with Gasteiger partial charge in [0.2, 0.25) is 3.79 Å². The maximum absolute atomic E-state index is 12.2. The molecule has 1 amide bonds. The summed E-state index contributed by atoms with van der Waals surface area (Å²) < 4.78 is -0.918. The van der Waals surface area contributed by atoms with Crippen molar-refractivity contribution >= 4 is 81.0 Å². The number of benzene rings is 2. The number of halogens is 5. The molecule has 0 spiro atoms. The van der Waals surface area contributed by atoms with Gasteiger partial charge in [-0.25, -0.2) is 14.5 Å². The Bertz CT molecular complexity index is 1240. The van der Waals surface area contributed by atoms with Gasteiger partial charge in [0, 0.05) is 23.4 Å². The van der Waals surface area contributed by atoms with E-state index in [0.717, 1.165) is 17.0 Å². The van der Waals surface area contributed by atoms with Crippen molar-refractivity contribution in [3.8, 4) is 5.69 Å². The van der Waals surface area contributed by atoms with Gasteiger partial charge in [-0.2, -0.15) is 0 Å². The first kappa shape index (κ1) is 32.5. The summed E-state index contributed by atoms with van der Waals surface area (Å²) in [5.41, 5.74) is 1.49. The Morgan fingerprint density at radius 1 is 1.08 bits per heavy atom. The van der Waals surface area contributed by atoms with Crippen LogP contribution in [0.2, 0.25) is 10.0 Å². The van der Waals surface area contributed by atoms with Crippen LogP contribution in [0.5, 0.6) is 0 Å². The summed E-state index contributed by atoms with van der Waals surface area (Å²) in [6, 6.07) is 14.9. The molecule has 0 fully saturated rings. The molecule has 38 heavy (non-hydrogen) atoms. The van der Waals surface area contributed by atoms with Crippen LogP contribution in [0.25, 0.3) is 5.69 Å². The first-order valence-corrected chi connectivity index (χ1v) is 14.3. The number of amides is 1. The maximum atomic E-state index is 12.2. The summed E-state index contributed by atoms with van der Waals surface area (Å²) in [5.74, 6) is -0.821. The second kappa shape index (κ2) is 14.6. The number of aromatic nitrogens is 3. The standard InChI is InChI=1S/C15H23NOS.C10H4Cl5N3O2/c1-5-16(13(4)12(2)3)15(17)18-11-14-9-7-6-8-10-14;11-4-1-2-6(5(12)3-4)18-9(10(13,14)15)16-7(17-18)8(19)20/h6-10,12-13H,5,11H2,1-4H3;1-3H,(H,19,20). The monoisotopic (exact) mass is 638 g/mol. The molecule has 1 unspecified atom stereocenters. The lowest BCUT2D eigenvalue weighted by atomic mass is 10.1. The minimum Gasteiger partial charge on any atom is -0.475 e. The first-order chi connectivity index (χ1) is 17.8. The zero-order chi connectivity index (χ0) is 28.6. The van der Waals surface area contributed by atoms with Crippen molar-refractivity contribution in [1.82, 2.24) is 19.7 Å². The number of rotatable bonds is 7. The zero-order valence-corrected chi connectivity index (χ0v) is 25.6. The fourth-order valence-corrected chi connectivity index (χ4v) is 4.95. The lowest BCUT2D eigenvalue weighted by Gasteiger charge is -2.30. The van der Waals surface area contributed by atoms with Crippen LogP contribution in [0.1, 0.15) is 49.7 Å². The quantitative estimate of drug-likeness (QED) is 0.261. The van der Waals surface area contributed by atoms with Crippen LogP contribution < -0.4 is 0 Å². The molecule has 0 saturated carbocycles. The van der Waals surface area contributed by atoms with Crippen molar-refractivity contribution in [1.29, 1.82) is 0 Å². The lowest BCUT2D eigenvalue weighted by molar-refractivity contribution is 0.0683. The van der Waals surface area contributed by atoms with Gasteiger partial charge >= 0.3 is 5.97 Å². The molecule has 1 N–H and O–H groups in total. The van der Waals surface area contributed by atoms with E-state index < -0.39 is 15.6 Å². The predicted molar refractivity (Wildman–Crippen MR) is 157 cm³/mol. The molecule has 0 bridgehead atoms. The summed E-state index contributed by atoms with van der Waals surface area (Å²) in [4.78, 5) is 28.8. The topological polar surface area (TPSA) is 88.3 Å². The molecule has 1 heterocycles. The smallest absolute Gasteiger partial charge is 0.375 e. The van der Waals surface area contributed by atoms with Gasteiger partial charge in [0.1, 0.15) is 0 Å². The molecule has 0 aliphatic heterocycles. The molecule has 3 aromatic rings. The van der Waals surface area contributed by atoms with E-state index >= 15 is 0 Å². The van der Waals surface area contributed by atoms with E-state index in [-0.39, 0.29) is 21.8 Å². The number of carbonyl (C=O) groups excluding carboxylic acids is 1. The van der Waals surface area contributed by atoms with Crippen molar-refractivity contribution in [2.24, 2.45) is 5.92 Å². The molecule has 2 aromatic carbocycles. The van der Waals surface area contributed by atoms with Crippen molar-refractivity contribution in [2.45, 2.75) is 43.3 Å². The van der Waals surface area contributed by atoms with E-state index in [2.05, 4.69) is 43.0 Å². The molecule has 0 radical (unpaired) electrons. The maximum Gasteiger partial charge on any atom is 0.375 e. The molecule has 0 aliphatic rings. The highest BCUT2D eigenvalue weighted by atomic mass is 35.6. The number of aromatic carboxylic acids is 1. The first-order valence-electron chi connectivity index (χ1n) is 11.5. The highest BCUT2D eigenvalue weighted by Crippen LogP contribution is 2.39. The largest absolute Gasteiger partial charge is 0.475 e. The predicted octanol–water partition coefficient (Wildman–Crippen LogP) is 8.51.